The van der Waals surface area contributed by atoms with Crippen LogP contribution in [0.4, 0.5) is 18.9 Å². The van der Waals surface area contributed by atoms with Crippen molar-refractivity contribution in [3.8, 4) is 5.75 Å². The summed E-state index contributed by atoms with van der Waals surface area (Å²) in [7, 11) is 0. The van der Waals surface area contributed by atoms with Gasteiger partial charge in [0.15, 0.2) is 0 Å². The Morgan fingerprint density at radius 3 is 2.48 bits per heavy atom. The molecule has 0 aromatic heterocycles. The number of carboxylic acid groups (broad SMARTS) is 1. The first-order chi connectivity index (χ1) is 13.6. The van der Waals surface area contributed by atoms with Gasteiger partial charge in [-0.15, -0.1) is 0 Å². The highest BCUT2D eigenvalue weighted by Crippen LogP contribution is 2.33. The van der Waals surface area contributed by atoms with Crippen molar-refractivity contribution in [1.82, 2.24) is 0 Å². The van der Waals surface area contributed by atoms with Crippen LogP contribution in [-0.4, -0.2) is 29.0 Å². The van der Waals surface area contributed by atoms with E-state index in [2.05, 4.69) is 5.10 Å². The van der Waals surface area contributed by atoms with Gasteiger partial charge in [0.25, 0.3) is 0 Å². The molecular formula is C19H15Cl2F3N2O3. The molecule has 1 unspecified atom stereocenters. The first kappa shape index (κ1) is 21.3. The number of anilines is 1. The molecule has 154 valence electrons. The summed E-state index contributed by atoms with van der Waals surface area (Å²) in [4.78, 5) is 11.0. The predicted molar refractivity (Wildman–Crippen MR) is 104 cm³/mol. The fraction of sp³-hybridized carbons (Fsp3) is 0.263. The molecule has 1 aliphatic heterocycles. The number of aliphatic carboxylic acids is 1. The first-order valence-corrected chi connectivity index (χ1v) is 9.21. The Bertz CT molecular complexity index is 933. The minimum absolute atomic E-state index is 0.178. The van der Waals surface area contributed by atoms with Crippen LogP contribution in [-0.2, 0) is 11.4 Å². The molecule has 0 bridgehead atoms. The van der Waals surface area contributed by atoms with Crippen LogP contribution < -0.4 is 9.75 Å². The van der Waals surface area contributed by atoms with E-state index in [0.29, 0.717) is 21.5 Å². The molecule has 2 aromatic carbocycles. The monoisotopic (exact) mass is 446 g/mol. The number of carbonyl (C=O) groups is 1. The Hall–Kier alpha value is -2.45. The number of benzene rings is 2. The summed E-state index contributed by atoms with van der Waals surface area (Å²) in [6, 6.07) is 10.3. The van der Waals surface area contributed by atoms with Crippen molar-refractivity contribution in [2.75, 3.05) is 5.01 Å². The SMILES string of the molecule is O=C(O)CC1CC(C(F)(F)F)=NN1c1ccc(OCc2ccc(Cl)cc2Cl)cc1. The van der Waals surface area contributed by atoms with Gasteiger partial charge in [-0.25, -0.2) is 0 Å². The number of hydrogen-bond donors (Lipinski definition) is 1. The first-order valence-electron chi connectivity index (χ1n) is 8.46. The molecular weight excluding hydrogens is 432 g/mol. The molecule has 1 atom stereocenters. The van der Waals surface area contributed by atoms with E-state index in [-0.39, 0.29) is 6.61 Å². The number of rotatable bonds is 6. The highest BCUT2D eigenvalue weighted by Gasteiger charge is 2.43. The molecule has 1 aliphatic rings. The molecule has 3 rings (SSSR count). The van der Waals surface area contributed by atoms with Gasteiger partial charge in [-0.1, -0.05) is 29.3 Å². The van der Waals surface area contributed by atoms with Crippen molar-refractivity contribution < 1.29 is 27.8 Å². The lowest BCUT2D eigenvalue weighted by atomic mass is 10.1. The molecule has 0 fully saturated rings. The average molecular weight is 447 g/mol. The Morgan fingerprint density at radius 2 is 1.90 bits per heavy atom. The minimum atomic E-state index is -4.60. The van der Waals surface area contributed by atoms with E-state index in [9.17, 15) is 18.0 Å². The normalized spacial score (nSPS) is 16.7. The number of nitrogens with zero attached hydrogens (tertiary/aromatic N) is 2. The molecule has 10 heteroatoms. The van der Waals surface area contributed by atoms with Gasteiger partial charge in [-0.3, -0.25) is 9.80 Å². The second-order valence-electron chi connectivity index (χ2n) is 6.36. The second-order valence-corrected chi connectivity index (χ2v) is 7.21. The molecule has 0 saturated carbocycles. The van der Waals surface area contributed by atoms with Crippen LogP contribution in [0.15, 0.2) is 47.6 Å². The summed E-state index contributed by atoms with van der Waals surface area (Å²) in [6.07, 6.45) is -5.55. The molecule has 0 aliphatic carbocycles. The lowest BCUT2D eigenvalue weighted by Gasteiger charge is -2.22. The van der Waals surface area contributed by atoms with Gasteiger partial charge >= 0.3 is 12.1 Å². The summed E-state index contributed by atoms with van der Waals surface area (Å²) < 4.78 is 44.6. The molecule has 0 amide bonds. The number of carboxylic acids is 1. The number of alkyl halides is 3. The van der Waals surface area contributed by atoms with Gasteiger partial charge in [-0.05, 0) is 36.4 Å². The van der Waals surface area contributed by atoms with Crippen molar-refractivity contribution in [2.45, 2.75) is 31.7 Å². The third-order valence-corrected chi connectivity index (χ3v) is 4.84. The molecule has 2 aromatic rings. The third-order valence-electron chi connectivity index (χ3n) is 4.25. The highest BCUT2D eigenvalue weighted by atomic mass is 35.5. The molecule has 0 saturated heterocycles. The Kier molecular flexibility index (Phi) is 6.24. The summed E-state index contributed by atoms with van der Waals surface area (Å²) in [5.74, 6) is -0.729. The van der Waals surface area contributed by atoms with Gasteiger partial charge in [0.1, 0.15) is 18.1 Å². The number of ether oxygens (including phenoxy) is 1. The Morgan fingerprint density at radius 1 is 1.21 bits per heavy atom. The van der Waals surface area contributed by atoms with Crippen molar-refractivity contribution in [1.29, 1.82) is 0 Å². The van der Waals surface area contributed by atoms with Crippen LogP contribution in [0.3, 0.4) is 0 Å². The minimum Gasteiger partial charge on any atom is -0.489 e. The fourth-order valence-electron chi connectivity index (χ4n) is 2.86. The number of hydrazone groups is 1. The zero-order valence-electron chi connectivity index (χ0n) is 14.8. The summed E-state index contributed by atoms with van der Waals surface area (Å²) >= 11 is 11.9. The van der Waals surface area contributed by atoms with E-state index in [4.69, 9.17) is 33.0 Å². The standard InChI is InChI=1S/C19H15Cl2F3N2O3/c20-12-2-1-11(16(21)7-12)10-29-15-5-3-13(4-6-15)26-14(9-18(27)28)8-17(25-26)19(22,23)24/h1-7,14H,8-10H2,(H,27,28). The molecule has 5 nitrogen and oxygen atoms in total. The Labute approximate surface area is 174 Å². The van der Waals surface area contributed by atoms with E-state index in [1.807, 2.05) is 0 Å². The largest absolute Gasteiger partial charge is 0.489 e. The van der Waals surface area contributed by atoms with Crippen LogP contribution >= 0.6 is 23.2 Å². The summed E-state index contributed by atoms with van der Waals surface area (Å²) in [5, 5.41) is 14.6. The molecule has 1 heterocycles. The van der Waals surface area contributed by atoms with Gasteiger partial charge in [0.2, 0.25) is 0 Å². The highest BCUT2D eigenvalue weighted by molar-refractivity contribution is 6.35. The molecule has 29 heavy (non-hydrogen) atoms. The van der Waals surface area contributed by atoms with E-state index < -0.39 is 36.7 Å². The van der Waals surface area contributed by atoms with Gasteiger partial charge in [-0.2, -0.15) is 18.3 Å². The van der Waals surface area contributed by atoms with Crippen LogP contribution in [0, 0.1) is 0 Å². The van der Waals surface area contributed by atoms with Crippen molar-refractivity contribution in [3.05, 3.63) is 58.1 Å². The second kappa shape index (κ2) is 8.51. The summed E-state index contributed by atoms with van der Waals surface area (Å²) in [6.45, 7) is 0.178. The maximum absolute atomic E-state index is 13.0. The van der Waals surface area contributed by atoms with Gasteiger partial charge < -0.3 is 9.84 Å². The number of halogens is 5. The number of hydrogen-bond acceptors (Lipinski definition) is 4. The van der Waals surface area contributed by atoms with Crippen molar-refractivity contribution >= 4 is 40.6 Å². The van der Waals surface area contributed by atoms with Crippen LogP contribution in [0.5, 0.6) is 5.75 Å². The zero-order chi connectivity index (χ0) is 21.2. The molecule has 1 N–H and O–H groups in total. The lowest BCUT2D eigenvalue weighted by molar-refractivity contribution is -0.137. The Balaban J connectivity index is 1.73. The smallest absolute Gasteiger partial charge is 0.431 e. The van der Waals surface area contributed by atoms with E-state index in [1.165, 1.54) is 12.1 Å². The fourth-order valence-corrected chi connectivity index (χ4v) is 3.32. The quantitative estimate of drug-likeness (QED) is 0.632. The van der Waals surface area contributed by atoms with E-state index in [0.717, 1.165) is 10.6 Å². The van der Waals surface area contributed by atoms with Crippen molar-refractivity contribution in [2.24, 2.45) is 5.10 Å². The molecule has 0 spiro atoms. The lowest BCUT2D eigenvalue weighted by Crippen LogP contribution is -2.29. The zero-order valence-corrected chi connectivity index (χ0v) is 16.3. The average Bonchev–Trinajstić information content (AvgIpc) is 3.05. The summed E-state index contributed by atoms with van der Waals surface area (Å²) in [5.41, 5.74) is 0.0643. The van der Waals surface area contributed by atoms with Gasteiger partial charge in [0.05, 0.1) is 18.2 Å². The maximum atomic E-state index is 13.0. The topological polar surface area (TPSA) is 62.1 Å². The van der Waals surface area contributed by atoms with Gasteiger partial charge in [0, 0.05) is 22.0 Å². The van der Waals surface area contributed by atoms with Crippen molar-refractivity contribution in [3.63, 3.8) is 0 Å². The van der Waals surface area contributed by atoms with Crippen LogP contribution in [0.2, 0.25) is 10.0 Å². The molecule has 0 radical (unpaired) electrons. The van der Waals surface area contributed by atoms with Crippen LogP contribution in [0.1, 0.15) is 18.4 Å². The maximum Gasteiger partial charge on any atom is 0.431 e. The third kappa shape index (κ3) is 5.33. The predicted octanol–water partition coefficient (Wildman–Crippen LogP) is 5.54. The van der Waals surface area contributed by atoms with Crippen LogP contribution in [0.25, 0.3) is 0 Å². The van der Waals surface area contributed by atoms with E-state index in [1.54, 1.807) is 30.3 Å². The van der Waals surface area contributed by atoms with E-state index >= 15 is 0 Å².